The van der Waals surface area contributed by atoms with Crippen molar-refractivity contribution in [2.24, 2.45) is 0 Å². The van der Waals surface area contributed by atoms with E-state index in [-0.39, 0.29) is 12.4 Å². The lowest BCUT2D eigenvalue weighted by Gasteiger charge is -2.14. The van der Waals surface area contributed by atoms with Crippen LogP contribution in [0.5, 0.6) is 5.75 Å². The number of rotatable bonds is 7. The Morgan fingerprint density at radius 2 is 1.73 bits per heavy atom. The molecule has 0 fully saturated rings. The lowest BCUT2D eigenvalue weighted by molar-refractivity contribution is 0.406. The van der Waals surface area contributed by atoms with Gasteiger partial charge >= 0.3 is 0 Å². The molecule has 1 unspecified atom stereocenters. The van der Waals surface area contributed by atoms with Gasteiger partial charge < -0.3 is 10.1 Å². The van der Waals surface area contributed by atoms with Crippen LogP contribution in [0.1, 0.15) is 18.1 Å². The Balaban J connectivity index is 0.00000242. The molecule has 0 radical (unpaired) electrons. The summed E-state index contributed by atoms with van der Waals surface area (Å²) in [6.07, 6.45) is 5.26. The van der Waals surface area contributed by atoms with Gasteiger partial charge in [-0.1, -0.05) is 60.7 Å². The molecule has 0 aromatic heterocycles. The lowest BCUT2D eigenvalue weighted by Crippen LogP contribution is -2.28. The van der Waals surface area contributed by atoms with Crippen molar-refractivity contribution < 1.29 is 4.74 Å². The molecule has 2 aromatic carbocycles. The second kappa shape index (κ2) is 10.0. The molecule has 0 aliphatic rings. The Kier molecular flexibility index (Phi) is 8.34. The van der Waals surface area contributed by atoms with E-state index in [1.54, 1.807) is 7.11 Å². The largest absolute Gasteiger partial charge is 0.496 e. The lowest BCUT2D eigenvalue weighted by atomic mass is 10.1. The predicted molar refractivity (Wildman–Crippen MR) is 96.9 cm³/mol. The van der Waals surface area contributed by atoms with Crippen molar-refractivity contribution in [3.05, 3.63) is 71.8 Å². The molecule has 0 aliphatic heterocycles. The van der Waals surface area contributed by atoms with Crippen LogP contribution in [-0.2, 0) is 6.42 Å². The minimum Gasteiger partial charge on any atom is -0.496 e. The molecule has 2 rings (SSSR count). The number of hydrogen-bond acceptors (Lipinski definition) is 2. The van der Waals surface area contributed by atoms with E-state index in [9.17, 15) is 0 Å². The van der Waals surface area contributed by atoms with Crippen LogP contribution in [0.2, 0.25) is 0 Å². The summed E-state index contributed by atoms with van der Waals surface area (Å²) in [4.78, 5) is 0. The fraction of sp³-hybridized carbons (Fsp3) is 0.263. The first-order valence-corrected chi connectivity index (χ1v) is 7.36. The SMILES string of the molecule is COc1ccccc1CC(C)NC/C=C/c1ccccc1.Cl. The maximum absolute atomic E-state index is 5.39. The zero-order chi connectivity index (χ0) is 14.9. The third-order valence-corrected chi connectivity index (χ3v) is 3.41. The Hall–Kier alpha value is -1.77. The summed E-state index contributed by atoms with van der Waals surface area (Å²) in [5.74, 6) is 0.964. The van der Waals surface area contributed by atoms with Crippen LogP contribution < -0.4 is 10.1 Å². The van der Waals surface area contributed by atoms with Crippen LogP contribution in [-0.4, -0.2) is 19.7 Å². The summed E-state index contributed by atoms with van der Waals surface area (Å²) in [6, 6.07) is 18.9. The van der Waals surface area contributed by atoms with Gasteiger partial charge in [0.15, 0.2) is 0 Å². The first-order chi connectivity index (χ1) is 10.3. The molecule has 1 atom stereocenters. The van der Waals surface area contributed by atoms with E-state index in [4.69, 9.17) is 4.74 Å². The van der Waals surface area contributed by atoms with Crippen LogP contribution in [0.25, 0.3) is 6.08 Å². The van der Waals surface area contributed by atoms with Gasteiger partial charge in [0.05, 0.1) is 7.11 Å². The average molecular weight is 318 g/mol. The van der Waals surface area contributed by atoms with Crippen molar-refractivity contribution >= 4 is 18.5 Å². The highest BCUT2D eigenvalue weighted by atomic mass is 35.5. The Labute approximate surface area is 139 Å². The first kappa shape index (κ1) is 18.3. The maximum atomic E-state index is 5.39. The van der Waals surface area contributed by atoms with Gasteiger partial charge in [-0.05, 0) is 30.5 Å². The zero-order valence-corrected chi connectivity index (χ0v) is 14.0. The molecule has 3 heteroatoms. The summed E-state index contributed by atoms with van der Waals surface area (Å²) in [5, 5.41) is 3.51. The molecule has 0 spiro atoms. The van der Waals surface area contributed by atoms with E-state index < -0.39 is 0 Å². The third kappa shape index (κ3) is 5.92. The second-order valence-electron chi connectivity index (χ2n) is 5.14. The molecule has 118 valence electrons. The summed E-state index contributed by atoms with van der Waals surface area (Å²) < 4.78 is 5.39. The van der Waals surface area contributed by atoms with Gasteiger partial charge in [0.2, 0.25) is 0 Å². The summed E-state index contributed by atoms with van der Waals surface area (Å²) in [6.45, 7) is 3.06. The first-order valence-electron chi connectivity index (χ1n) is 7.36. The highest BCUT2D eigenvalue weighted by Gasteiger charge is 2.06. The molecule has 22 heavy (non-hydrogen) atoms. The predicted octanol–water partition coefficient (Wildman–Crippen LogP) is 4.35. The van der Waals surface area contributed by atoms with Gasteiger partial charge in [0, 0.05) is 12.6 Å². The number of ether oxygens (including phenoxy) is 1. The molecule has 1 N–H and O–H groups in total. The van der Waals surface area contributed by atoms with Crippen molar-refractivity contribution in [2.75, 3.05) is 13.7 Å². The van der Waals surface area contributed by atoms with Crippen LogP contribution in [0.3, 0.4) is 0 Å². The van der Waals surface area contributed by atoms with Gasteiger partial charge in [0.25, 0.3) is 0 Å². The highest BCUT2D eigenvalue weighted by Crippen LogP contribution is 2.18. The van der Waals surface area contributed by atoms with Gasteiger partial charge in [-0.25, -0.2) is 0 Å². The zero-order valence-electron chi connectivity index (χ0n) is 13.2. The fourth-order valence-electron chi connectivity index (χ4n) is 2.30. The van der Waals surface area contributed by atoms with E-state index in [0.717, 1.165) is 18.7 Å². The van der Waals surface area contributed by atoms with Gasteiger partial charge in [-0.3, -0.25) is 0 Å². The van der Waals surface area contributed by atoms with Crippen LogP contribution in [0, 0.1) is 0 Å². The molecule has 0 saturated heterocycles. The molecule has 0 amide bonds. The normalized spacial score (nSPS) is 11.9. The average Bonchev–Trinajstić information content (AvgIpc) is 2.53. The van der Waals surface area contributed by atoms with Crippen molar-refractivity contribution in [1.29, 1.82) is 0 Å². The second-order valence-corrected chi connectivity index (χ2v) is 5.14. The number of para-hydroxylation sites is 1. The van der Waals surface area contributed by atoms with Crippen LogP contribution in [0.15, 0.2) is 60.7 Å². The van der Waals surface area contributed by atoms with Crippen molar-refractivity contribution in [3.8, 4) is 5.75 Å². The number of hydrogen-bond donors (Lipinski definition) is 1. The van der Waals surface area contributed by atoms with Crippen molar-refractivity contribution in [2.45, 2.75) is 19.4 Å². The Bertz CT molecular complexity index is 569. The van der Waals surface area contributed by atoms with E-state index in [1.165, 1.54) is 11.1 Å². The molecule has 0 aliphatic carbocycles. The molecule has 2 nitrogen and oxygen atoms in total. The molecule has 0 bridgehead atoms. The van der Waals surface area contributed by atoms with Gasteiger partial charge in [-0.15, -0.1) is 12.4 Å². The summed E-state index contributed by atoms with van der Waals surface area (Å²) in [5.41, 5.74) is 2.48. The van der Waals surface area contributed by atoms with Crippen LogP contribution in [0.4, 0.5) is 0 Å². The number of benzene rings is 2. The van der Waals surface area contributed by atoms with Crippen LogP contribution >= 0.6 is 12.4 Å². The molecule has 0 saturated carbocycles. The van der Waals surface area contributed by atoms with E-state index >= 15 is 0 Å². The van der Waals surface area contributed by atoms with Crippen molar-refractivity contribution in [3.63, 3.8) is 0 Å². The molecule has 0 heterocycles. The topological polar surface area (TPSA) is 21.3 Å². The molecular formula is C19H24ClNO. The summed E-state index contributed by atoms with van der Waals surface area (Å²) in [7, 11) is 1.72. The third-order valence-electron chi connectivity index (χ3n) is 3.41. The molecular weight excluding hydrogens is 294 g/mol. The number of methoxy groups -OCH3 is 1. The smallest absolute Gasteiger partial charge is 0.122 e. The fourth-order valence-corrected chi connectivity index (χ4v) is 2.30. The minimum atomic E-state index is 0. The van der Waals surface area contributed by atoms with Crippen molar-refractivity contribution in [1.82, 2.24) is 5.32 Å². The quantitative estimate of drug-likeness (QED) is 0.819. The van der Waals surface area contributed by atoms with E-state index in [1.807, 2.05) is 18.2 Å². The minimum absolute atomic E-state index is 0. The summed E-state index contributed by atoms with van der Waals surface area (Å²) >= 11 is 0. The Morgan fingerprint density at radius 3 is 2.45 bits per heavy atom. The number of nitrogens with one attached hydrogen (secondary N) is 1. The maximum Gasteiger partial charge on any atom is 0.122 e. The Morgan fingerprint density at radius 1 is 1.05 bits per heavy atom. The highest BCUT2D eigenvalue weighted by molar-refractivity contribution is 5.85. The van der Waals surface area contributed by atoms with Gasteiger partial charge in [-0.2, -0.15) is 0 Å². The van der Waals surface area contributed by atoms with Gasteiger partial charge in [0.1, 0.15) is 5.75 Å². The standard InChI is InChI=1S/C19H23NO.ClH/c1-16(15-18-12-6-7-13-19(18)21-2)20-14-8-11-17-9-4-3-5-10-17;/h3-13,16,20H,14-15H2,1-2H3;1H/b11-8+;. The van der Waals surface area contributed by atoms with E-state index in [2.05, 4.69) is 60.8 Å². The number of halogens is 1. The van der Waals surface area contributed by atoms with E-state index in [0.29, 0.717) is 6.04 Å². The monoisotopic (exact) mass is 317 g/mol. The molecule has 2 aromatic rings.